The van der Waals surface area contributed by atoms with Crippen LogP contribution >= 0.6 is 0 Å². The third-order valence-corrected chi connectivity index (χ3v) is 2.32. The summed E-state index contributed by atoms with van der Waals surface area (Å²) in [6.45, 7) is 0.533. The van der Waals surface area contributed by atoms with Gasteiger partial charge in [-0.15, -0.1) is 10.2 Å². The molecule has 1 N–H and O–H groups in total. The minimum Gasteiger partial charge on any atom is -0.472 e. The molecule has 0 saturated heterocycles. The van der Waals surface area contributed by atoms with Gasteiger partial charge in [0.15, 0.2) is 0 Å². The van der Waals surface area contributed by atoms with Crippen molar-refractivity contribution < 1.29 is 4.74 Å². The van der Waals surface area contributed by atoms with Crippen LogP contribution in [0.25, 0.3) is 11.0 Å². The van der Waals surface area contributed by atoms with Gasteiger partial charge in [0.2, 0.25) is 11.8 Å². The maximum absolute atomic E-state index is 5.25. The second-order valence-electron chi connectivity index (χ2n) is 3.52. The van der Waals surface area contributed by atoms with E-state index in [0.29, 0.717) is 18.4 Å². The number of benzene rings is 1. The summed E-state index contributed by atoms with van der Waals surface area (Å²) in [6.07, 6.45) is 5.55. The Bertz CT molecular complexity index is 591. The van der Waals surface area contributed by atoms with Gasteiger partial charge in [0.05, 0.1) is 11.0 Å². The van der Waals surface area contributed by atoms with Crippen molar-refractivity contribution in [1.29, 1.82) is 0 Å². The standard InChI is InChI=1S/C12H10N4O/c1-2-6-10-9(5-1)13-12(14-10)16-15-11-7-3-4-8-17-11/h1-7H,8H2,(H,13,14). The minimum absolute atomic E-state index is 0.477. The maximum atomic E-state index is 5.25. The molecule has 1 aliphatic heterocycles. The van der Waals surface area contributed by atoms with Crippen LogP contribution in [0.1, 0.15) is 0 Å². The van der Waals surface area contributed by atoms with Crippen LogP contribution in [0.15, 0.2) is 58.6 Å². The molecule has 3 rings (SSSR count). The fraction of sp³-hybridized carbons (Fsp3) is 0.0833. The summed E-state index contributed by atoms with van der Waals surface area (Å²) in [5.41, 5.74) is 1.82. The Hall–Kier alpha value is -2.43. The number of aromatic amines is 1. The lowest BCUT2D eigenvalue weighted by Gasteiger charge is -2.03. The molecule has 2 aromatic rings. The van der Waals surface area contributed by atoms with Gasteiger partial charge in [-0.05, 0) is 18.2 Å². The molecule has 0 radical (unpaired) electrons. The van der Waals surface area contributed by atoms with E-state index in [1.807, 2.05) is 36.4 Å². The zero-order valence-electron chi connectivity index (χ0n) is 9.00. The molecule has 0 amide bonds. The minimum atomic E-state index is 0.477. The van der Waals surface area contributed by atoms with E-state index < -0.39 is 0 Å². The van der Waals surface area contributed by atoms with E-state index in [-0.39, 0.29) is 0 Å². The molecule has 1 aromatic heterocycles. The van der Waals surface area contributed by atoms with Crippen molar-refractivity contribution in [2.75, 3.05) is 6.61 Å². The molecule has 84 valence electrons. The average Bonchev–Trinajstić information content (AvgIpc) is 2.80. The fourth-order valence-electron chi connectivity index (χ4n) is 1.53. The van der Waals surface area contributed by atoms with E-state index in [1.54, 1.807) is 6.08 Å². The normalized spacial score (nSPS) is 15.2. The fourth-order valence-corrected chi connectivity index (χ4v) is 1.53. The molecule has 0 atom stereocenters. The van der Waals surface area contributed by atoms with Gasteiger partial charge >= 0.3 is 0 Å². The quantitative estimate of drug-likeness (QED) is 0.800. The van der Waals surface area contributed by atoms with Crippen molar-refractivity contribution in [2.45, 2.75) is 0 Å². The number of azo groups is 1. The molecule has 0 unspecified atom stereocenters. The third-order valence-electron chi connectivity index (χ3n) is 2.32. The molecule has 1 aromatic carbocycles. The summed E-state index contributed by atoms with van der Waals surface area (Å²) >= 11 is 0. The lowest BCUT2D eigenvalue weighted by molar-refractivity contribution is 0.238. The van der Waals surface area contributed by atoms with Gasteiger partial charge < -0.3 is 9.72 Å². The highest BCUT2D eigenvalue weighted by molar-refractivity contribution is 5.76. The van der Waals surface area contributed by atoms with E-state index >= 15 is 0 Å². The van der Waals surface area contributed by atoms with Gasteiger partial charge in [0, 0.05) is 6.08 Å². The Morgan fingerprint density at radius 2 is 2.18 bits per heavy atom. The average molecular weight is 226 g/mol. The molecule has 0 aliphatic carbocycles. The predicted molar refractivity (Wildman–Crippen MR) is 63.8 cm³/mol. The first-order chi connectivity index (χ1) is 8.42. The zero-order chi connectivity index (χ0) is 11.5. The second-order valence-corrected chi connectivity index (χ2v) is 3.52. The number of hydrogen-bond acceptors (Lipinski definition) is 4. The largest absolute Gasteiger partial charge is 0.472 e. The number of aromatic nitrogens is 2. The van der Waals surface area contributed by atoms with Gasteiger partial charge in [-0.1, -0.05) is 18.2 Å². The van der Waals surface area contributed by atoms with Gasteiger partial charge in [0.1, 0.15) is 6.61 Å². The molecule has 1 aliphatic rings. The van der Waals surface area contributed by atoms with Crippen molar-refractivity contribution in [1.82, 2.24) is 9.97 Å². The number of imidazole rings is 1. The summed E-state index contributed by atoms with van der Waals surface area (Å²) in [7, 11) is 0. The number of hydrogen-bond donors (Lipinski definition) is 1. The van der Waals surface area contributed by atoms with Crippen LogP contribution < -0.4 is 0 Å². The molecule has 2 heterocycles. The summed E-state index contributed by atoms with van der Waals surface area (Å²) in [4.78, 5) is 7.34. The first-order valence-corrected chi connectivity index (χ1v) is 5.28. The van der Waals surface area contributed by atoms with E-state index in [4.69, 9.17) is 4.74 Å². The van der Waals surface area contributed by atoms with Crippen LogP contribution in [0.4, 0.5) is 5.95 Å². The Kier molecular flexibility index (Phi) is 2.42. The van der Waals surface area contributed by atoms with Crippen LogP contribution in [0.2, 0.25) is 0 Å². The number of nitrogens with one attached hydrogen (secondary N) is 1. The predicted octanol–water partition coefficient (Wildman–Crippen LogP) is 3.07. The number of para-hydroxylation sites is 2. The molecular weight excluding hydrogens is 216 g/mol. The monoisotopic (exact) mass is 226 g/mol. The first kappa shape index (κ1) is 9.77. The number of fused-ring (bicyclic) bond motifs is 1. The van der Waals surface area contributed by atoms with Gasteiger partial charge in [-0.25, -0.2) is 4.98 Å². The van der Waals surface area contributed by atoms with Gasteiger partial charge in [-0.3, -0.25) is 0 Å². The van der Waals surface area contributed by atoms with E-state index in [1.165, 1.54) is 0 Å². The topological polar surface area (TPSA) is 62.6 Å². The molecule has 0 fully saturated rings. The molecule has 5 heteroatoms. The number of rotatable bonds is 2. The summed E-state index contributed by atoms with van der Waals surface area (Å²) < 4.78 is 5.25. The lowest BCUT2D eigenvalue weighted by atomic mass is 10.3. The van der Waals surface area contributed by atoms with Gasteiger partial charge in [0.25, 0.3) is 0 Å². The first-order valence-electron chi connectivity index (χ1n) is 5.28. The number of ether oxygens (including phenoxy) is 1. The Morgan fingerprint density at radius 3 is 3.00 bits per heavy atom. The van der Waals surface area contributed by atoms with Crippen molar-refractivity contribution in [2.24, 2.45) is 10.2 Å². The molecule has 5 nitrogen and oxygen atoms in total. The smallest absolute Gasteiger partial charge is 0.247 e. The van der Waals surface area contributed by atoms with Crippen molar-refractivity contribution in [3.8, 4) is 0 Å². The number of H-pyrrole nitrogens is 1. The second kappa shape index (κ2) is 4.21. The highest BCUT2D eigenvalue weighted by Crippen LogP contribution is 2.17. The van der Waals surface area contributed by atoms with Crippen LogP contribution in [-0.4, -0.2) is 16.6 Å². The van der Waals surface area contributed by atoms with Crippen LogP contribution in [-0.2, 0) is 4.74 Å². The Morgan fingerprint density at radius 1 is 1.24 bits per heavy atom. The van der Waals surface area contributed by atoms with Crippen molar-refractivity contribution in [3.05, 3.63) is 48.4 Å². The SMILES string of the molecule is C1=CCOC(N=Nc2nc3ccccc3[nH]2)=C1. The van der Waals surface area contributed by atoms with E-state index in [9.17, 15) is 0 Å². The number of allylic oxidation sites excluding steroid dienone is 2. The highest BCUT2D eigenvalue weighted by atomic mass is 16.5. The summed E-state index contributed by atoms with van der Waals surface area (Å²) in [5.74, 6) is 0.971. The van der Waals surface area contributed by atoms with E-state index in [2.05, 4.69) is 20.2 Å². The van der Waals surface area contributed by atoms with Crippen LogP contribution in [0.3, 0.4) is 0 Å². The van der Waals surface area contributed by atoms with E-state index in [0.717, 1.165) is 11.0 Å². The summed E-state index contributed by atoms with van der Waals surface area (Å²) in [5, 5.41) is 7.97. The van der Waals surface area contributed by atoms with Crippen LogP contribution in [0, 0.1) is 0 Å². The third kappa shape index (κ3) is 2.08. The highest BCUT2D eigenvalue weighted by Gasteiger charge is 2.01. The van der Waals surface area contributed by atoms with Crippen molar-refractivity contribution >= 4 is 17.0 Å². The molecular formula is C12H10N4O. The molecule has 0 spiro atoms. The molecule has 17 heavy (non-hydrogen) atoms. The summed E-state index contributed by atoms with van der Waals surface area (Å²) in [6, 6.07) is 7.74. The zero-order valence-corrected chi connectivity index (χ0v) is 9.00. The van der Waals surface area contributed by atoms with Gasteiger partial charge in [-0.2, -0.15) is 0 Å². The Labute approximate surface area is 97.5 Å². The Balaban J connectivity index is 1.87. The lowest BCUT2D eigenvalue weighted by Crippen LogP contribution is -1.92. The molecule has 0 bridgehead atoms. The number of nitrogens with zero attached hydrogens (tertiary/aromatic N) is 3. The molecule has 0 saturated carbocycles. The maximum Gasteiger partial charge on any atom is 0.247 e. The van der Waals surface area contributed by atoms with Crippen LogP contribution in [0.5, 0.6) is 0 Å². The van der Waals surface area contributed by atoms with Crippen molar-refractivity contribution in [3.63, 3.8) is 0 Å².